The van der Waals surface area contributed by atoms with Crippen LogP contribution in [0.25, 0.3) is 0 Å². The van der Waals surface area contributed by atoms with Gasteiger partial charge in [-0.1, -0.05) is 32.1 Å². The van der Waals surface area contributed by atoms with Gasteiger partial charge in [-0.25, -0.2) is 0 Å². The third-order valence-corrected chi connectivity index (χ3v) is 13.1. The number of methoxy groups -OCH3 is 3. The lowest BCUT2D eigenvalue weighted by atomic mass is 9.70. The molecule has 11 nitrogen and oxygen atoms in total. The monoisotopic (exact) mass is 805 g/mol. The van der Waals surface area contributed by atoms with E-state index in [0.717, 1.165) is 50.5 Å². The largest absolute Gasteiger partial charge is 0.673 e. The molecule has 0 unspecified atom stereocenters. The van der Waals surface area contributed by atoms with Gasteiger partial charge in [-0.15, -0.1) is 0 Å². The Bertz CT molecular complexity index is 1370. The first kappa shape index (κ1) is 45.2. The number of rotatable bonds is 9. The molecule has 0 aromatic rings. The Kier molecular flexibility index (Phi) is 16.0. The molecule has 6 aliphatic rings. The van der Waals surface area contributed by atoms with E-state index in [1.54, 1.807) is 21.3 Å². The molecule has 320 valence electrons. The lowest BCUT2D eigenvalue weighted by molar-refractivity contribution is -0.676. The van der Waals surface area contributed by atoms with E-state index in [4.69, 9.17) is 37.9 Å². The summed E-state index contributed by atoms with van der Waals surface area (Å²) >= 11 is 0. The van der Waals surface area contributed by atoms with Crippen LogP contribution in [0.3, 0.4) is 0 Å². The van der Waals surface area contributed by atoms with Gasteiger partial charge in [-0.05, 0) is 81.6 Å². The molecule has 17 atom stereocenters. The molecule has 3 aliphatic heterocycles. The molecular weight excluding hydrogens is 741 g/mol. The second-order valence-corrected chi connectivity index (χ2v) is 16.5. The summed E-state index contributed by atoms with van der Waals surface area (Å²) in [6, 6.07) is 0.413. The molecule has 56 heavy (non-hydrogen) atoms. The van der Waals surface area contributed by atoms with Gasteiger partial charge >= 0.3 is 13.2 Å². The summed E-state index contributed by atoms with van der Waals surface area (Å²) in [5.74, 6) is 0.0520. The maximum Gasteiger partial charge on any atom is 0.673 e. The summed E-state index contributed by atoms with van der Waals surface area (Å²) in [6.45, 7) is 8.17. The lowest BCUT2D eigenvalue weighted by Gasteiger charge is -2.44. The third-order valence-electron chi connectivity index (χ3n) is 13.1. The summed E-state index contributed by atoms with van der Waals surface area (Å²) < 4.78 is 88.4. The second-order valence-electron chi connectivity index (χ2n) is 16.5. The van der Waals surface area contributed by atoms with Crippen molar-refractivity contribution < 1.29 is 70.1 Å². The molecule has 2 N–H and O–H groups in total. The summed E-state index contributed by atoms with van der Waals surface area (Å²) in [4.78, 5) is 28.1. The fourth-order valence-electron chi connectivity index (χ4n) is 10.2. The second kappa shape index (κ2) is 19.9. The molecule has 0 spiro atoms. The molecule has 6 rings (SSSR count). The molecule has 0 aromatic carbocycles. The van der Waals surface area contributed by atoms with Crippen LogP contribution in [0, 0.1) is 35.5 Å². The van der Waals surface area contributed by atoms with Crippen molar-refractivity contribution in [1.82, 2.24) is 0 Å². The number of likely N-dealkylation sites (N-methyl/N-ethyl adjacent to an activating group) is 1. The minimum Gasteiger partial charge on any atom is -0.462 e. The van der Waals surface area contributed by atoms with Crippen molar-refractivity contribution in [2.75, 3.05) is 28.4 Å². The summed E-state index contributed by atoms with van der Waals surface area (Å²) in [7, 11) is 1.06. The molecule has 0 amide bonds. The van der Waals surface area contributed by atoms with Crippen molar-refractivity contribution >= 4 is 19.0 Å². The van der Waals surface area contributed by atoms with Crippen LogP contribution in [0.2, 0.25) is 0 Å². The van der Waals surface area contributed by atoms with Gasteiger partial charge in [-0.2, -0.15) is 0 Å². The highest BCUT2D eigenvalue weighted by atomic mass is 19.5. The fourth-order valence-corrected chi connectivity index (χ4v) is 10.2. The Morgan fingerprint density at radius 1 is 0.839 bits per heavy atom. The Hall–Kier alpha value is -1.92. The number of Topliss-reactive ketones (excluding diaryl/α,β-unsaturated/α-hetero) is 1. The molecular formula is C40H64BF4NO10. The number of cyclic esters (lactones) is 1. The number of carbonyl (C=O) groups excluding carboxylic acids is 2. The van der Waals surface area contributed by atoms with Gasteiger partial charge in [-0.3, -0.25) is 9.59 Å². The Labute approximate surface area is 329 Å². The van der Waals surface area contributed by atoms with Crippen molar-refractivity contribution in [2.45, 2.75) is 153 Å². The lowest BCUT2D eigenvalue weighted by Crippen LogP contribution is -2.89. The topological polar surface area (TPSA) is 125 Å². The summed E-state index contributed by atoms with van der Waals surface area (Å²) in [6.07, 6.45) is 11.0. The van der Waals surface area contributed by atoms with Gasteiger partial charge < -0.3 is 60.5 Å². The maximum atomic E-state index is 14.6. The molecule has 3 heterocycles. The van der Waals surface area contributed by atoms with E-state index in [2.05, 4.69) is 44.4 Å². The zero-order valence-corrected chi connectivity index (χ0v) is 34.2. The van der Waals surface area contributed by atoms with E-state index in [-0.39, 0.29) is 96.8 Å². The number of hydrogen-bond acceptors (Lipinski definition) is 10. The first-order chi connectivity index (χ1) is 26.6. The Morgan fingerprint density at radius 3 is 2.16 bits per heavy atom. The number of nitrogens with two attached hydrogens (primary N) is 1. The van der Waals surface area contributed by atoms with E-state index in [1.807, 2.05) is 13.8 Å². The normalized spacial score (nSPS) is 43.2. The Balaban J connectivity index is 0.00000113. The molecule has 1 saturated carbocycles. The number of ether oxygens (including phenoxy) is 8. The molecule has 3 saturated heterocycles. The van der Waals surface area contributed by atoms with E-state index in [9.17, 15) is 26.9 Å². The van der Waals surface area contributed by atoms with Gasteiger partial charge in [0.2, 0.25) is 0 Å². The number of ketones is 1. The number of fused-ring (bicyclic) bond motifs is 5. The molecule has 0 bridgehead atoms. The number of esters is 1. The number of carbonyl (C=O) groups is 2. The Morgan fingerprint density at radius 2 is 1.54 bits per heavy atom. The molecule has 0 aromatic heterocycles. The molecule has 4 fully saturated rings. The first-order valence-corrected chi connectivity index (χ1v) is 20.6. The van der Waals surface area contributed by atoms with E-state index >= 15 is 0 Å². The number of quaternary nitrogens is 1. The highest BCUT2D eigenvalue weighted by molar-refractivity contribution is 6.50. The minimum atomic E-state index is -6.00. The van der Waals surface area contributed by atoms with Crippen molar-refractivity contribution in [3.63, 3.8) is 0 Å². The minimum absolute atomic E-state index is 0.0499. The highest BCUT2D eigenvalue weighted by Gasteiger charge is 2.52. The quantitative estimate of drug-likeness (QED) is 0.140. The maximum absolute atomic E-state index is 14.6. The number of allylic oxidation sites excluding steroid dienone is 4. The fraction of sp³-hybridized carbons (Fsp3) is 0.850. The van der Waals surface area contributed by atoms with E-state index in [1.165, 1.54) is 0 Å². The summed E-state index contributed by atoms with van der Waals surface area (Å²) in [5, 5.41) is 2.22. The predicted octanol–water partition coefficient (Wildman–Crippen LogP) is 5.42. The van der Waals surface area contributed by atoms with Gasteiger partial charge in [0.05, 0.1) is 31.8 Å². The zero-order chi connectivity index (χ0) is 40.9. The van der Waals surface area contributed by atoms with Crippen LogP contribution in [0.4, 0.5) is 17.3 Å². The van der Waals surface area contributed by atoms with Gasteiger partial charge in [0.25, 0.3) is 0 Å². The average molecular weight is 806 g/mol. The van der Waals surface area contributed by atoms with Crippen LogP contribution in [-0.2, 0) is 47.5 Å². The van der Waals surface area contributed by atoms with Gasteiger partial charge in [0.1, 0.15) is 36.6 Å². The third kappa shape index (κ3) is 10.8. The van der Waals surface area contributed by atoms with Crippen molar-refractivity contribution in [1.29, 1.82) is 0 Å². The van der Waals surface area contributed by atoms with Crippen LogP contribution in [0.1, 0.15) is 85.5 Å². The first-order valence-electron chi connectivity index (χ1n) is 20.6. The van der Waals surface area contributed by atoms with Crippen LogP contribution < -0.4 is 5.32 Å². The summed E-state index contributed by atoms with van der Waals surface area (Å²) in [5.41, 5.74) is 0.766. The average Bonchev–Trinajstić information content (AvgIpc) is 3.72. The van der Waals surface area contributed by atoms with Gasteiger partial charge in [0, 0.05) is 46.0 Å². The zero-order valence-electron chi connectivity index (χ0n) is 34.2. The molecule has 0 radical (unpaired) electrons. The van der Waals surface area contributed by atoms with E-state index in [0.29, 0.717) is 18.4 Å². The van der Waals surface area contributed by atoms with Crippen LogP contribution >= 0.6 is 0 Å². The number of halogens is 4. The van der Waals surface area contributed by atoms with Crippen molar-refractivity contribution in [2.24, 2.45) is 35.5 Å². The molecule has 3 aliphatic carbocycles. The highest BCUT2D eigenvalue weighted by Crippen LogP contribution is 2.54. The van der Waals surface area contributed by atoms with Gasteiger partial charge in [0.15, 0.2) is 18.4 Å². The van der Waals surface area contributed by atoms with Crippen molar-refractivity contribution in [3.8, 4) is 0 Å². The SMILES string of the molecule is CC[C@@H]1CCC[C@H](O[C@H]2CC[C@H]([NH2+]C)[C@@H](C)O2)[C@H](C)C(=O)C2=C[C@@H]3[C@@H](C=C[C@@H]4C[C@@H](O[C@@H]5O[C@@H](C)[C@H](OC)[C@@H](OC)[C@H]5OC)C[C@@H]34)[C@@H]2CC(=O)O1.F[B-](F)(F)F. The van der Waals surface area contributed by atoms with Crippen molar-refractivity contribution in [3.05, 3.63) is 23.8 Å². The smallest absolute Gasteiger partial charge is 0.462 e. The number of hydrogen-bond donors (Lipinski definition) is 1. The van der Waals surface area contributed by atoms with Crippen LogP contribution in [0.15, 0.2) is 23.8 Å². The van der Waals surface area contributed by atoms with E-state index < -0.39 is 19.6 Å². The van der Waals surface area contributed by atoms with Crippen LogP contribution in [-0.4, -0.2) is 115 Å². The molecule has 16 heteroatoms. The predicted molar refractivity (Wildman–Crippen MR) is 199 cm³/mol. The van der Waals surface area contributed by atoms with Crippen LogP contribution in [0.5, 0.6) is 0 Å². The standard InChI is InChI=1S/C40H63NO10.BF4/c1-9-25-11-10-12-33(51-35-16-15-32(41-5)22(3)47-35)21(2)36(43)31-19-29-27(30(31)20-34(42)49-25)14-13-24-17-26(18-28(24)29)50-40-39(46-8)38(45-7)37(44-6)23(4)48-40;2-1(3,4)5/h13-14,19,21-30,32-33,35,37-41H,9-12,15-18,20H2,1-8H3;/q;-1/p+1/t21-,22+,23-,24+,25+,26+,27+,28+,29+,30-,32-,33-,35-,37-,38+,39+,40-;/m0./s1.